The van der Waals surface area contributed by atoms with Gasteiger partial charge >= 0.3 is 0 Å². The van der Waals surface area contributed by atoms with Gasteiger partial charge in [0, 0.05) is 30.8 Å². The van der Waals surface area contributed by atoms with Crippen LogP contribution in [0.3, 0.4) is 0 Å². The SMILES string of the molecule is COc1ccc(C(=O)N2CCCC(c3cc(C)[nH]n3)C2)nn1. The first-order valence-electron chi connectivity index (χ1n) is 7.36. The number of amides is 1. The van der Waals surface area contributed by atoms with Gasteiger partial charge in [-0.3, -0.25) is 9.89 Å². The third-order valence-electron chi connectivity index (χ3n) is 3.92. The van der Waals surface area contributed by atoms with Crippen molar-refractivity contribution >= 4 is 5.91 Å². The minimum absolute atomic E-state index is 0.0906. The number of nitrogens with one attached hydrogen (secondary N) is 1. The summed E-state index contributed by atoms with van der Waals surface area (Å²) >= 11 is 0. The molecule has 0 aromatic carbocycles. The molecule has 1 aliphatic rings. The van der Waals surface area contributed by atoms with E-state index in [-0.39, 0.29) is 11.8 Å². The molecule has 1 aliphatic heterocycles. The van der Waals surface area contributed by atoms with Crippen molar-refractivity contribution in [3.63, 3.8) is 0 Å². The van der Waals surface area contributed by atoms with Crippen LogP contribution in [-0.2, 0) is 0 Å². The fraction of sp³-hybridized carbons (Fsp3) is 0.467. The third kappa shape index (κ3) is 2.93. The average molecular weight is 301 g/mol. The molecule has 0 saturated carbocycles. The molecule has 2 aromatic rings. The molecule has 0 aliphatic carbocycles. The molecule has 1 N–H and O–H groups in total. The maximum absolute atomic E-state index is 12.5. The molecule has 7 heteroatoms. The highest BCUT2D eigenvalue weighted by atomic mass is 16.5. The van der Waals surface area contributed by atoms with Crippen molar-refractivity contribution < 1.29 is 9.53 Å². The van der Waals surface area contributed by atoms with Gasteiger partial charge in [-0.2, -0.15) is 5.10 Å². The van der Waals surface area contributed by atoms with Gasteiger partial charge in [-0.25, -0.2) is 0 Å². The Kier molecular flexibility index (Phi) is 4.04. The van der Waals surface area contributed by atoms with E-state index in [1.54, 1.807) is 12.1 Å². The van der Waals surface area contributed by atoms with Crippen LogP contribution in [0.1, 0.15) is 40.6 Å². The highest BCUT2D eigenvalue weighted by Gasteiger charge is 2.27. The van der Waals surface area contributed by atoms with Crippen LogP contribution in [0.4, 0.5) is 0 Å². The maximum atomic E-state index is 12.5. The summed E-state index contributed by atoms with van der Waals surface area (Å²) in [4.78, 5) is 14.4. The number of hydrogen-bond acceptors (Lipinski definition) is 5. The van der Waals surface area contributed by atoms with Gasteiger partial charge in [-0.15, -0.1) is 10.2 Å². The Labute approximate surface area is 128 Å². The number of methoxy groups -OCH3 is 1. The van der Waals surface area contributed by atoms with Gasteiger partial charge in [0.25, 0.3) is 5.91 Å². The fourth-order valence-corrected chi connectivity index (χ4v) is 2.76. The monoisotopic (exact) mass is 301 g/mol. The molecule has 1 atom stereocenters. The van der Waals surface area contributed by atoms with E-state index < -0.39 is 0 Å². The summed E-state index contributed by atoms with van der Waals surface area (Å²) in [7, 11) is 1.52. The molecule has 2 aromatic heterocycles. The first-order valence-corrected chi connectivity index (χ1v) is 7.36. The molecular formula is C15H19N5O2. The van der Waals surface area contributed by atoms with E-state index in [2.05, 4.69) is 20.4 Å². The molecule has 7 nitrogen and oxygen atoms in total. The quantitative estimate of drug-likeness (QED) is 0.929. The lowest BCUT2D eigenvalue weighted by Gasteiger charge is -2.31. The first-order chi connectivity index (χ1) is 10.7. The van der Waals surface area contributed by atoms with Crippen LogP contribution in [0.2, 0.25) is 0 Å². The topological polar surface area (TPSA) is 84.0 Å². The van der Waals surface area contributed by atoms with Gasteiger partial charge in [-0.05, 0) is 31.9 Å². The number of aromatic amines is 1. The van der Waals surface area contributed by atoms with Crippen molar-refractivity contribution in [2.75, 3.05) is 20.2 Å². The highest BCUT2D eigenvalue weighted by molar-refractivity contribution is 5.92. The van der Waals surface area contributed by atoms with Gasteiger partial charge in [-0.1, -0.05) is 0 Å². The Balaban J connectivity index is 1.71. The standard InChI is InChI=1S/C15H19N5O2/c1-10-8-13(18-16-10)11-4-3-7-20(9-11)15(21)12-5-6-14(22-2)19-17-12/h5-6,8,11H,3-4,7,9H2,1-2H3,(H,16,18). The van der Waals surface area contributed by atoms with Crippen LogP contribution in [0.15, 0.2) is 18.2 Å². The van der Waals surface area contributed by atoms with Crippen molar-refractivity contribution in [2.24, 2.45) is 0 Å². The number of H-pyrrole nitrogens is 1. The predicted molar refractivity (Wildman–Crippen MR) is 79.8 cm³/mol. The van der Waals surface area contributed by atoms with Crippen molar-refractivity contribution in [1.29, 1.82) is 0 Å². The molecule has 1 saturated heterocycles. The van der Waals surface area contributed by atoms with E-state index in [0.717, 1.165) is 30.8 Å². The Morgan fingerprint density at radius 3 is 2.91 bits per heavy atom. The van der Waals surface area contributed by atoms with Crippen molar-refractivity contribution in [2.45, 2.75) is 25.7 Å². The zero-order valence-electron chi connectivity index (χ0n) is 12.7. The van der Waals surface area contributed by atoms with Crippen molar-refractivity contribution in [3.8, 4) is 5.88 Å². The summed E-state index contributed by atoms with van der Waals surface area (Å²) < 4.78 is 4.96. The second-order valence-electron chi connectivity index (χ2n) is 5.53. The molecule has 1 unspecified atom stereocenters. The minimum atomic E-state index is -0.0906. The Hall–Kier alpha value is -2.44. The summed E-state index contributed by atoms with van der Waals surface area (Å²) in [5.41, 5.74) is 2.41. The number of ether oxygens (including phenoxy) is 1. The smallest absolute Gasteiger partial charge is 0.274 e. The molecule has 0 radical (unpaired) electrons. The summed E-state index contributed by atoms with van der Waals surface area (Å²) in [6, 6.07) is 5.35. The number of carbonyl (C=O) groups excluding carboxylic acids is 1. The molecule has 22 heavy (non-hydrogen) atoms. The van der Waals surface area contributed by atoms with E-state index in [1.165, 1.54) is 7.11 Å². The van der Waals surface area contributed by atoms with Crippen LogP contribution < -0.4 is 4.74 Å². The Bertz CT molecular complexity index is 652. The van der Waals surface area contributed by atoms with Crippen LogP contribution in [0.25, 0.3) is 0 Å². The number of nitrogens with zero attached hydrogens (tertiary/aromatic N) is 4. The number of rotatable bonds is 3. The van der Waals surface area contributed by atoms with Crippen LogP contribution >= 0.6 is 0 Å². The van der Waals surface area contributed by atoms with Crippen LogP contribution in [0, 0.1) is 6.92 Å². The number of aromatic nitrogens is 4. The van der Waals surface area contributed by atoms with E-state index >= 15 is 0 Å². The minimum Gasteiger partial charge on any atom is -0.480 e. The predicted octanol–water partition coefficient (Wildman–Crippen LogP) is 1.54. The van der Waals surface area contributed by atoms with Crippen molar-refractivity contribution in [3.05, 3.63) is 35.3 Å². The number of aryl methyl sites for hydroxylation is 1. The molecule has 0 spiro atoms. The number of piperidine rings is 1. The zero-order chi connectivity index (χ0) is 15.5. The third-order valence-corrected chi connectivity index (χ3v) is 3.92. The number of carbonyl (C=O) groups is 1. The van der Waals surface area contributed by atoms with Gasteiger partial charge in [0.15, 0.2) is 5.69 Å². The van der Waals surface area contributed by atoms with Crippen molar-refractivity contribution in [1.82, 2.24) is 25.3 Å². The van der Waals surface area contributed by atoms with Gasteiger partial charge in [0.1, 0.15) is 0 Å². The number of likely N-dealkylation sites (tertiary alicyclic amines) is 1. The zero-order valence-corrected chi connectivity index (χ0v) is 12.7. The molecule has 0 bridgehead atoms. The molecule has 3 rings (SSSR count). The average Bonchev–Trinajstić information content (AvgIpc) is 3.01. The summed E-state index contributed by atoms with van der Waals surface area (Å²) in [6.07, 6.45) is 2.01. The molecular weight excluding hydrogens is 282 g/mol. The van der Waals surface area contributed by atoms with Gasteiger partial charge in [0.05, 0.1) is 12.8 Å². The van der Waals surface area contributed by atoms with E-state index in [0.29, 0.717) is 18.1 Å². The van der Waals surface area contributed by atoms with Crippen LogP contribution in [-0.4, -0.2) is 51.4 Å². The molecule has 3 heterocycles. The summed E-state index contributed by atoms with van der Waals surface area (Å²) in [6.45, 7) is 3.39. The fourth-order valence-electron chi connectivity index (χ4n) is 2.76. The molecule has 116 valence electrons. The lowest BCUT2D eigenvalue weighted by molar-refractivity contribution is 0.0698. The lowest BCUT2D eigenvalue weighted by atomic mass is 9.94. The highest BCUT2D eigenvalue weighted by Crippen LogP contribution is 2.26. The second-order valence-corrected chi connectivity index (χ2v) is 5.53. The van der Waals surface area contributed by atoms with Gasteiger partial charge < -0.3 is 9.64 Å². The normalized spacial score (nSPS) is 18.3. The van der Waals surface area contributed by atoms with Crippen LogP contribution in [0.5, 0.6) is 5.88 Å². The second kappa shape index (κ2) is 6.13. The number of hydrogen-bond donors (Lipinski definition) is 1. The molecule has 1 amide bonds. The Morgan fingerprint density at radius 1 is 1.41 bits per heavy atom. The van der Waals surface area contributed by atoms with E-state index in [1.807, 2.05) is 17.9 Å². The summed E-state index contributed by atoms with van der Waals surface area (Å²) in [5, 5.41) is 15.1. The van der Waals surface area contributed by atoms with Gasteiger partial charge in [0.2, 0.25) is 5.88 Å². The van der Waals surface area contributed by atoms with E-state index in [9.17, 15) is 4.79 Å². The largest absolute Gasteiger partial charge is 0.480 e. The Morgan fingerprint density at radius 2 is 2.27 bits per heavy atom. The molecule has 1 fully saturated rings. The first kappa shape index (κ1) is 14.5. The lowest BCUT2D eigenvalue weighted by Crippen LogP contribution is -2.39. The van der Waals surface area contributed by atoms with E-state index in [4.69, 9.17) is 4.74 Å². The summed E-state index contributed by atoms with van der Waals surface area (Å²) in [5.74, 6) is 0.584. The maximum Gasteiger partial charge on any atom is 0.274 e.